The maximum Gasteiger partial charge on any atom is 0.324 e. The van der Waals surface area contributed by atoms with Gasteiger partial charge in [-0.15, -0.1) is 10.2 Å². The molecule has 0 fully saturated rings. The van der Waals surface area contributed by atoms with Crippen molar-refractivity contribution in [2.24, 2.45) is 0 Å². The SMILES string of the molecule is Cc1ccc(-n2nc(C(C)(C)C)cc2NC(=O)Nc2ccc(OCCN3CCn4c(nnc4-c4cc(Cl)ccc4O)C3)c3c2C=CC3CO)cc1. The van der Waals surface area contributed by atoms with Crippen molar-refractivity contribution in [3.63, 3.8) is 0 Å². The molecule has 1 aliphatic heterocycles. The second-order valence-electron chi connectivity index (χ2n) is 14.0. The smallest absolute Gasteiger partial charge is 0.324 e. The molecule has 5 aromatic rings. The number of carbonyl (C=O) groups excluding carboxylic acids is 1. The van der Waals surface area contributed by atoms with Crippen LogP contribution in [0, 0.1) is 6.92 Å². The Kier molecular flexibility index (Phi) is 9.32. The number of amides is 2. The van der Waals surface area contributed by atoms with E-state index in [0.717, 1.165) is 40.4 Å². The summed E-state index contributed by atoms with van der Waals surface area (Å²) in [4.78, 5) is 15.7. The predicted molar refractivity (Wildman–Crippen MR) is 198 cm³/mol. The Morgan fingerprint density at radius 3 is 2.61 bits per heavy atom. The summed E-state index contributed by atoms with van der Waals surface area (Å²) in [5.74, 6) is 2.45. The number of benzene rings is 3. The summed E-state index contributed by atoms with van der Waals surface area (Å²) in [7, 11) is 0. The number of rotatable bonds is 9. The molecular weight excluding hydrogens is 668 g/mol. The lowest BCUT2D eigenvalue weighted by Gasteiger charge is -2.28. The van der Waals surface area contributed by atoms with Crippen LogP contribution in [0.25, 0.3) is 23.2 Å². The molecule has 1 aliphatic carbocycles. The third-order valence-electron chi connectivity index (χ3n) is 9.25. The van der Waals surface area contributed by atoms with Gasteiger partial charge in [-0.25, -0.2) is 9.48 Å². The average molecular weight is 709 g/mol. The Hall–Kier alpha value is -5.17. The van der Waals surface area contributed by atoms with E-state index in [1.807, 2.05) is 66.1 Å². The molecule has 51 heavy (non-hydrogen) atoms. The number of phenols is 1. The lowest BCUT2D eigenvalue weighted by molar-refractivity contribution is 0.174. The van der Waals surface area contributed by atoms with Crippen LogP contribution in [0.15, 0.2) is 66.7 Å². The monoisotopic (exact) mass is 708 g/mol. The third-order valence-corrected chi connectivity index (χ3v) is 9.49. The summed E-state index contributed by atoms with van der Waals surface area (Å²) in [6.07, 6.45) is 3.84. The van der Waals surface area contributed by atoms with E-state index < -0.39 is 6.03 Å². The zero-order valence-corrected chi connectivity index (χ0v) is 29.8. The molecule has 2 aliphatic rings. The van der Waals surface area contributed by atoms with Crippen LogP contribution in [0.3, 0.4) is 0 Å². The van der Waals surface area contributed by atoms with Crippen LogP contribution < -0.4 is 15.4 Å². The van der Waals surface area contributed by atoms with Crippen molar-refractivity contribution >= 4 is 35.2 Å². The Bertz CT molecular complexity index is 2120. The van der Waals surface area contributed by atoms with Gasteiger partial charge in [-0.3, -0.25) is 10.2 Å². The van der Waals surface area contributed by atoms with E-state index in [-0.39, 0.29) is 23.7 Å². The molecule has 1 unspecified atom stereocenters. The Balaban J connectivity index is 1.03. The van der Waals surface area contributed by atoms with Gasteiger partial charge in [-0.05, 0) is 49.4 Å². The molecule has 3 heterocycles. The van der Waals surface area contributed by atoms with Gasteiger partial charge < -0.3 is 24.8 Å². The van der Waals surface area contributed by atoms with Gasteiger partial charge >= 0.3 is 6.03 Å². The number of urea groups is 1. The van der Waals surface area contributed by atoms with Crippen molar-refractivity contribution in [3.05, 3.63) is 100.0 Å². The molecule has 2 aromatic heterocycles. The second kappa shape index (κ2) is 13.9. The molecule has 1 atom stereocenters. The highest BCUT2D eigenvalue weighted by Gasteiger charge is 2.27. The fraction of sp³-hybridized carbons (Fsp3) is 0.316. The van der Waals surface area contributed by atoms with Crippen molar-refractivity contribution in [2.45, 2.75) is 52.1 Å². The molecule has 3 aromatic carbocycles. The molecule has 2 amide bonds. The number of aliphatic hydroxyl groups is 1. The predicted octanol–water partition coefficient (Wildman–Crippen LogP) is 6.74. The Morgan fingerprint density at radius 1 is 1.04 bits per heavy atom. The van der Waals surface area contributed by atoms with Gasteiger partial charge in [-0.2, -0.15) is 5.10 Å². The first-order valence-corrected chi connectivity index (χ1v) is 17.3. The van der Waals surface area contributed by atoms with Crippen LogP contribution >= 0.6 is 11.6 Å². The first kappa shape index (κ1) is 34.3. The van der Waals surface area contributed by atoms with Crippen LogP contribution in [0.4, 0.5) is 16.3 Å². The normalized spacial score (nSPS) is 15.5. The summed E-state index contributed by atoms with van der Waals surface area (Å²) in [5.41, 5.74) is 5.40. The van der Waals surface area contributed by atoms with E-state index in [1.165, 1.54) is 0 Å². The summed E-state index contributed by atoms with van der Waals surface area (Å²) in [6.45, 7) is 11.2. The Morgan fingerprint density at radius 2 is 1.84 bits per heavy atom. The van der Waals surface area contributed by atoms with Crippen molar-refractivity contribution in [3.8, 4) is 28.6 Å². The van der Waals surface area contributed by atoms with Gasteiger partial charge in [0.2, 0.25) is 0 Å². The maximum atomic E-state index is 13.5. The third kappa shape index (κ3) is 7.07. The number of anilines is 2. The van der Waals surface area contributed by atoms with Gasteiger partial charge in [0, 0.05) is 53.2 Å². The van der Waals surface area contributed by atoms with E-state index in [0.29, 0.717) is 59.9 Å². The van der Waals surface area contributed by atoms with Gasteiger partial charge in [0.25, 0.3) is 0 Å². The van der Waals surface area contributed by atoms with E-state index in [2.05, 4.69) is 46.5 Å². The fourth-order valence-corrected chi connectivity index (χ4v) is 6.61. The highest BCUT2D eigenvalue weighted by Crippen LogP contribution is 2.41. The average Bonchev–Trinajstić information content (AvgIpc) is 3.84. The first-order valence-electron chi connectivity index (χ1n) is 17.0. The maximum absolute atomic E-state index is 13.5. The van der Waals surface area contributed by atoms with E-state index in [9.17, 15) is 15.0 Å². The number of hydrogen-bond donors (Lipinski definition) is 4. The molecule has 0 spiro atoms. The standard InChI is InChI=1S/C38H41ClN8O4/c1-23-5-9-26(10-6-23)47-33(20-32(44-47)38(2,3)4)41-37(50)40-29-12-14-31(35-24(22-48)7-11-27(29)35)51-18-17-45-15-16-46-34(21-45)42-43-36(46)28-19-25(39)8-13-30(28)49/h5-14,19-20,24,48-49H,15-18,21-22H2,1-4H3,(H2,40,41,50). The quantitative estimate of drug-likeness (QED) is 0.132. The van der Waals surface area contributed by atoms with Crippen LogP contribution in [-0.4, -0.2) is 72.0 Å². The summed E-state index contributed by atoms with van der Waals surface area (Å²) in [6, 6.07) is 18.0. The minimum Gasteiger partial charge on any atom is -0.507 e. The molecule has 13 heteroatoms. The number of fused-ring (bicyclic) bond motifs is 2. The number of ether oxygens (including phenoxy) is 1. The summed E-state index contributed by atoms with van der Waals surface area (Å²) < 4.78 is 10.1. The topological polar surface area (TPSA) is 143 Å². The second-order valence-corrected chi connectivity index (χ2v) is 14.4. The zero-order valence-electron chi connectivity index (χ0n) is 29.0. The summed E-state index contributed by atoms with van der Waals surface area (Å²) in [5, 5.41) is 40.6. The molecule has 264 valence electrons. The van der Waals surface area contributed by atoms with Crippen LogP contribution in [0.2, 0.25) is 5.02 Å². The summed E-state index contributed by atoms with van der Waals surface area (Å²) >= 11 is 6.17. The largest absolute Gasteiger partial charge is 0.507 e. The lowest BCUT2D eigenvalue weighted by atomic mass is 9.92. The minimum absolute atomic E-state index is 0.0902. The number of aryl methyl sites for hydroxylation is 1. The van der Waals surface area contributed by atoms with Crippen molar-refractivity contribution in [1.82, 2.24) is 29.4 Å². The molecular formula is C38H41ClN8O4. The van der Waals surface area contributed by atoms with Crippen molar-refractivity contribution in [1.29, 1.82) is 0 Å². The van der Waals surface area contributed by atoms with Gasteiger partial charge in [-0.1, -0.05) is 62.2 Å². The van der Waals surface area contributed by atoms with Gasteiger partial charge in [0.15, 0.2) is 5.82 Å². The molecule has 0 radical (unpaired) electrons. The number of phenolic OH excluding ortho intramolecular Hbond substituents is 1. The number of aromatic hydroxyl groups is 1. The van der Waals surface area contributed by atoms with Gasteiger partial charge in [0.05, 0.1) is 35.8 Å². The molecule has 0 bridgehead atoms. The molecule has 4 N–H and O–H groups in total. The number of nitrogens with zero attached hydrogens (tertiary/aromatic N) is 6. The lowest BCUT2D eigenvalue weighted by Crippen LogP contribution is -2.36. The Labute approximate surface area is 301 Å². The fourth-order valence-electron chi connectivity index (χ4n) is 6.43. The number of hydrogen-bond acceptors (Lipinski definition) is 8. The van der Waals surface area contributed by atoms with E-state index in [4.69, 9.17) is 21.4 Å². The van der Waals surface area contributed by atoms with E-state index >= 15 is 0 Å². The number of carbonyl (C=O) groups is 1. The van der Waals surface area contributed by atoms with Crippen LogP contribution in [0.1, 0.15) is 54.9 Å². The van der Waals surface area contributed by atoms with Crippen LogP contribution in [0.5, 0.6) is 11.5 Å². The number of aliphatic hydroxyl groups excluding tert-OH is 1. The number of halogens is 1. The van der Waals surface area contributed by atoms with E-state index in [1.54, 1.807) is 22.9 Å². The molecule has 0 saturated carbocycles. The van der Waals surface area contributed by atoms with Crippen molar-refractivity contribution < 1.29 is 19.7 Å². The van der Waals surface area contributed by atoms with Crippen molar-refractivity contribution in [2.75, 3.05) is 36.9 Å². The minimum atomic E-state index is -0.410. The highest BCUT2D eigenvalue weighted by atomic mass is 35.5. The number of aromatic nitrogens is 5. The van der Waals surface area contributed by atoms with Gasteiger partial charge in [0.1, 0.15) is 29.7 Å². The molecule has 7 rings (SSSR count). The zero-order chi connectivity index (χ0) is 35.9. The first-order chi connectivity index (χ1) is 24.5. The van der Waals surface area contributed by atoms with Crippen LogP contribution in [-0.2, 0) is 18.5 Å². The highest BCUT2D eigenvalue weighted by molar-refractivity contribution is 6.30. The number of nitrogens with one attached hydrogen (secondary N) is 2. The molecule has 0 saturated heterocycles. The molecule has 12 nitrogen and oxygen atoms in total.